The molecule has 3 rings (SSSR count). The van der Waals surface area contributed by atoms with Gasteiger partial charge in [-0.2, -0.15) is 0 Å². The zero-order valence-corrected chi connectivity index (χ0v) is 10.0. The molecule has 0 radical (unpaired) electrons. The molecule has 1 aromatic rings. The van der Waals surface area contributed by atoms with Crippen molar-refractivity contribution in [2.24, 2.45) is 11.8 Å². The lowest BCUT2D eigenvalue weighted by Crippen LogP contribution is -2.29. The zero-order chi connectivity index (χ0) is 11.0. The highest BCUT2D eigenvalue weighted by atomic mass is 35.5. The van der Waals surface area contributed by atoms with Gasteiger partial charge in [0.05, 0.1) is 12.4 Å². The van der Waals surface area contributed by atoms with Gasteiger partial charge in [0.15, 0.2) is 0 Å². The Balaban J connectivity index is 1.73. The standard InChI is InChI=1S/C12H16ClN3/c13-11-5-14-6-12(15-11)16(7-9-1-2-9)8-10-3-4-10/h5-6,9-10H,1-4,7-8H2. The fraction of sp³-hybridized carbons (Fsp3) is 0.667. The monoisotopic (exact) mass is 237 g/mol. The van der Waals surface area contributed by atoms with Crippen LogP contribution in [0.4, 0.5) is 5.82 Å². The van der Waals surface area contributed by atoms with Gasteiger partial charge in [0.1, 0.15) is 11.0 Å². The highest BCUT2D eigenvalue weighted by Crippen LogP contribution is 2.35. The number of aromatic nitrogens is 2. The van der Waals surface area contributed by atoms with Crippen molar-refractivity contribution < 1.29 is 0 Å². The van der Waals surface area contributed by atoms with E-state index < -0.39 is 0 Å². The van der Waals surface area contributed by atoms with Gasteiger partial charge >= 0.3 is 0 Å². The van der Waals surface area contributed by atoms with E-state index in [1.807, 2.05) is 6.20 Å². The molecule has 1 heterocycles. The van der Waals surface area contributed by atoms with E-state index in [-0.39, 0.29) is 0 Å². The second-order valence-corrected chi connectivity index (χ2v) is 5.38. The second kappa shape index (κ2) is 4.21. The Kier molecular flexibility index (Phi) is 2.72. The highest BCUT2D eigenvalue weighted by molar-refractivity contribution is 6.29. The van der Waals surface area contributed by atoms with Gasteiger partial charge in [0.2, 0.25) is 0 Å². The molecule has 0 bridgehead atoms. The smallest absolute Gasteiger partial charge is 0.149 e. The van der Waals surface area contributed by atoms with Crippen LogP contribution in [0.15, 0.2) is 12.4 Å². The minimum absolute atomic E-state index is 0.495. The highest BCUT2D eigenvalue weighted by Gasteiger charge is 2.29. The SMILES string of the molecule is Clc1cncc(N(CC2CC2)CC2CC2)n1. The summed E-state index contributed by atoms with van der Waals surface area (Å²) in [4.78, 5) is 10.9. The molecule has 3 nitrogen and oxygen atoms in total. The zero-order valence-electron chi connectivity index (χ0n) is 9.27. The van der Waals surface area contributed by atoms with Crippen LogP contribution in [0.3, 0.4) is 0 Å². The molecule has 2 fully saturated rings. The molecule has 0 amide bonds. The van der Waals surface area contributed by atoms with Crippen LogP contribution in [0, 0.1) is 11.8 Å². The first-order valence-corrected chi connectivity index (χ1v) is 6.41. The van der Waals surface area contributed by atoms with Crippen molar-refractivity contribution >= 4 is 17.4 Å². The quantitative estimate of drug-likeness (QED) is 0.789. The van der Waals surface area contributed by atoms with Crippen LogP contribution < -0.4 is 4.90 Å². The maximum absolute atomic E-state index is 5.89. The maximum Gasteiger partial charge on any atom is 0.149 e. The minimum atomic E-state index is 0.495. The van der Waals surface area contributed by atoms with E-state index in [4.69, 9.17) is 11.6 Å². The summed E-state index contributed by atoms with van der Waals surface area (Å²) in [6.45, 7) is 2.26. The molecule has 16 heavy (non-hydrogen) atoms. The van der Waals surface area contributed by atoms with Crippen LogP contribution in [-0.4, -0.2) is 23.1 Å². The van der Waals surface area contributed by atoms with Crippen molar-refractivity contribution in [2.45, 2.75) is 25.7 Å². The lowest BCUT2D eigenvalue weighted by molar-refractivity contribution is 0.670. The summed E-state index contributed by atoms with van der Waals surface area (Å²) >= 11 is 5.89. The molecular formula is C12H16ClN3. The van der Waals surface area contributed by atoms with Crippen LogP contribution in [-0.2, 0) is 0 Å². The number of rotatable bonds is 5. The third kappa shape index (κ3) is 2.64. The molecule has 0 unspecified atom stereocenters. The number of hydrogen-bond acceptors (Lipinski definition) is 3. The number of hydrogen-bond donors (Lipinski definition) is 0. The van der Waals surface area contributed by atoms with Crippen molar-refractivity contribution in [1.29, 1.82) is 0 Å². The van der Waals surface area contributed by atoms with Crippen LogP contribution in [0.5, 0.6) is 0 Å². The van der Waals surface area contributed by atoms with Crippen molar-refractivity contribution in [3.05, 3.63) is 17.5 Å². The Bertz CT molecular complexity index is 360. The summed E-state index contributed by atoms with van der Waals surface area (Å²) < 4.78 is 0. The van der Waals surface area contributed by atoms with Gasteiger partial charge in [0.25, 0.3) is 0 Å². The molecule has 0 aromatic carbocycles. The maximum atomic E-state index is 5.89. The first-order chi connectivity index (χ1) is 7.81. The summed E-state index contributed by atoms with van der Waals surface area (Å²) in [5.74, 6) is 2.70. The molecule has 0 atom stereocenters. The molecule has 0 saturated heterocycles. The summed E-state index contributed by atoms with van der Waals surface area (Å²) in [6.07, 6.45) is 8.91. The van der Waals surface area contributed by atoms with Gasteiger partial charge < -0.3 is 4.90 Å². The van der Waals surface area contributed by atoms with E-state index >= 15 is 0 Å². The van der Waals surface area contributed by atoms with Crippen LogP contribution >= 0.6 is 11.6 Å². The van der Waals surface area contributed by atoms with E-state index in [2.05, 4.69) is 14.9 Å². The fourth-order valence-corrected chi connectivity index (χ4v) is 2.11. The molecule has 4 heteroatoms. The Labute approximate surface area is 101 Å². The minimum Gasteiger partial charge on any atom is -0.355 e. The van der Waals surface area contributed by atoms with Gasteiger partial charge in [-0.05, 0) is 37.5 Å². The second-order valence-electron chi connectivity index (χ2n) is 4.99. The van der Waals surface area contributed by atoms with Gasteiger partial charge in [-0.15, -0.1) is 0 Å². The third-order valence-corrected chi connectivity index (χ3v) is 3.45. The van der Waals surface area contributed by atoms with Gasteiger partial charge in [-0.25, -0.2) is 4.98 Å². The molecule has 2 aliphatic carbocycles. The van der Waals surface area contributed by atoms with Gasteiger partial charge in [0, 0.05) is 13.1 Å². The topological polar surface area (TPSA) is 29.0 Å². The van der Waals surface area contributed by atoms with Crippen molar-refractivity contribution in [3.8, 4) is 0 Å². The molecule has 0 N–H and O–H groups in total. The third-order valence-electron chi connectivity index (χ3n) is 3.27. The molecule has 0 spiro atoms. The molecule has 2 saturated carbocycles. The molecule has 2 aliphatic rings. The van der Waals surface area contributed by atoms with Crippen LogP contribution in [0.2, 0.25) is 5.15 Å². The Morgan fingerprint density at radius 2 is 1.75 bits per heavy atom. The van der Waals surface area contributed by atoms with E-state index in [0.29, 0.717) is 5.15 Å². The average Bonchev–Trinajstić information content (AvgIpc) is 3.11. The van der Waals surface area contributed by atoms with E-state index in [0.717, 1.165) is 30.7 Å². The van der Waals surface area contributed by atoms with E-state index in [1.165, 1.54) is 25.7 Å². The lowest BCUT2D eigenvalue weighted by atomic mass is 10.3. The Hall–Kier alpha value is -0.830. The largest absolute Gasteiger partial charge is 0.355 e. The molecule has 0 aliphatic heterocycles. The van der Waals surface area contributed by atoms with E-state index in [9.17, 15) is 0 Å². The first-order valence-electron chi connectivity index (χ1n) is 6.04. The average molecular weight is 238 g/mol. The first kappa shape index (κ1) is 10.3. The number of halogens is 1. The summed E-state index contributed by atoms with van der Waals surface area (Å²) in [5.41, 5.74) is 0. The Morgan fingerprint density at radius 3 is 2.25 bits per heavy atom. The van der Waals surface area contributed by atoms with Crippen LogP contribution in [0.25, 0.3) is 0 Å². The Morgan fingerprint density at radius 1 is 1.12 bits per heavy atom. The summed E-state index contributed by atoms with van der Waals surface area (Å²) in [5, 5.41) is 0.495. The van der Waals surface area contributed by atoms with Gasteiger partial charge in [-0.1, -0.05) is 11.6 Å². The van der Waals surface area contributed by atoms with Crippen LogP contribution in [0.1, 0.15) is 25.7 Å². The lowest BCUT2D eigenvalue weighted by Gasteiger charge is -2.23. The van der Waals surface area contributed by atoms with Crippen molar-refractivity contribution in [3.63, 3.8) is 0 Å². The number of anilines is 1. The van der Waals surface area contributed by atoms with Crippen molar-refractivity contribution in [2.75, 3.05) is 18.0 Å². The molecular weight excluding hydrogens is 222 g/mol. The van der Waals surface area contributed by atoms with Gasteiger partial charge in [-0.3, -0.25) is 4.98 Å². The molecule has 86 valence electrons. The predicted octanol–water partition coefficient (Wildman–Crippen LogP) is 2.76. The predicted molar refractivity (Wildman–Crippen MR) is 64.7 cm³/mol. The van der Waals surface area contributed by atoms with E-state index in [1.54, 1.807) is 6.20 Å². The summed E-state index contributed by atoms with van der Waals surface area (Å²) in [7, 11) is 0. The number of nitrogens with zero attached hydrogens (tertiary/aromatic N) is 3. The summed E-state index contributed by atoms with van der Waals surface area (Å²) in [6, 6.07) is 0. The molecule has 1 aromatic heterocycles. The normalized spacial score (nSPS) is 19.8. The fourth-order valence-electron chi connectivity index (χ4n) is 1.97. The van der Waals surface area contributed by atoms with Crippen molar-refractivity contribution in [1.82, 2.24) is 9.97 Å².